The molecule has 2 nitrogen and oxygen atoms in total. The van der Waals surface area contributed by atoms with Crippen LogP contribution < -0.4 is 0 Å². The normalized spacial score (nSPS) is 32.4. The highest BCUT2D eigenvalue weighted by molar-refractivity contribution is 5.23. The van der Waals surface area contributed by atoms with E-state index in [-0.39, 0.29) is 0 Å². The van der Waals surface area contributed by atoms with E-state index in [0.29, 0.717) is 11.8 Å². The first kappa shape index (κ1) is 9.63. The fourth-order valence-electron chi connectivity index (χ4n) is 1.80. The predicted molar refractivity (Wildman–Crippen MR) is 55.6 cm³/mol. The van der Waals surface area contributed by atoms with E-state index in [1.807, 2.05) is 0 Å². The molecule has 0 spiro atoms. The number of ether oxygens (including phenoxy) is 2. The number of hydrogen-bond donors (Lipinski definition) is 0. The number of rotatable bonds is 1. The van der Waals surface area contributed by atoms with E-state index in [1.54, 1.807) is 0 Å². The van der Waals surface area contributed by atoms with Crippen molar-refractivity contribution >= 4 is 0 Å². The summed E-state index contributed by atoms with van der Waals surface area (Å²) in [5.74, 6) is 3.13. The van der Waals surface area contributed by atoms with Gasteiger partial charge in [-0.3, -0.25) is 0 Å². The highest BCUT2D eigenvalue weighted by atomic mass is 16.5. The standard InChI is InChI=1S/C12H18O2/c1-9-3-5-13-11(7-9)12-8-10(2)4-6-14-12/h7-10H,3-6H2,1-2H3/t9-,10-/m0/s1. The van der Waals surface area contributed by atoms with E-state index in [9.17, 15) is 0 Å². The van der Waals surface area contributed by atoms with Gasteiger partial charge in [0.15, 0.2) is 11.5 Å². The van der Waals surface area contributed by atoms with Crippen molar-refractivity contribution in [3.63, 3.8) is 0 Å². The maximum absolute atomic E-state index is 5.60. The molecule has 2 aliphatic rings. The molecule has 0 bridgehead atoms. The summed E-state index contributed by atoms with van der Waals surface area (Å²) in [6.07, 6.45) is 6.58. The fraction of sp³-hybridized carbons (Fsp3) is 0.667. The lowest BCUT2D eigenvalue weighted by Gasteiger charge is -2.25. The second-order valence-electron chi connectivity index (χ2n) is 4.29. The zero-order valence-corrected chi connectivity index (χ0v) is 8.95. The third kappa shape index (κ3) is 2.11. The molecule has 2 heteroatoms. The molecule has 2 aliphatic heterocycles. The van der Waals surface area contributed by atoms with Gasteiger partial charge in [-0.2, -0.15) is 0 Å². The SMILES string of the molecule is C[C@@H]1C=C(C2=C[C@@H](C)CCO2)OCC1. The Morgan fingerprint density at radius 1 is 0.929 bits per heavy atom. The van der Waals surface area contributed by atoms with E-state index >= 15 is 0 Å². The maximum atomic E-state index is 5.60. The largest absolute Gasteiger partial charge is 0.490 e. The number of hydrogen-bond acceptors (Lipinski definition) is 2. The van der Waals surface area contributed by atoms with Crippen LogP contribution in [0.1, 0.15) is 26.7 Å². The first-order valence-electron chi connectivity index (χ1n) is 5.45. The van der Waals surface area contributed by atoms with Crippen LogP contribution in [0.5, 0.6) is 0 Å². The van der Waals surface area contributed by atoms with Gasteiger partial charge in [0.2, 0.25) is 0 Å². The van der Waals surface area contributed by atoms with E-state index in [0.717, 1.165) is 37.6 Å². The molecule has 0 N–H and O–H groups in total. The minimum absolute atomic E-state index is 0.612. The van der Waals surface area contributed by atoms with Crippen LogP contribution in [0, 0.1) is 11.8 Å². The first-order chi connectivity index (χ1) is 6.75. The van der Waals surface area contributed by atoms with Crippen LogP contribution in [-0.4, -0.2) is 13.2 Å². The van der Waals surface area contributed by atoms with E-state index in [4.69, 9.17) is 9.47 Å². The molecular formula is C12H18O2. The van der Waals surface area contributed by atoms with Gasteiger partial charge in [0.25, 0.3) is 0 Å². The molecule has 0 aromatic heterocycles. The maximum Gasteiger partial charge on any atom is 0.157 e. The van der Waals surface area contributed by atoms with Crippen LogP contribution in [0.4, 0.5) is 0 Å². The first-order valence-corrected chi connectivity index (χ1v) is 5.45. The third-order valence-electron chi connectivity index (χ3n) is 2.78. The zero-order valence-electron chi connectivity index (χ0n) is 8.95. The monoisotopic (exact) mass is 194 g/mol. The molecule has 0 fully saturated rings. The van der Waals surface area contributed by atoms with E-state index < -0.39 is 0 Å². The molecule has 14 heavy (non-hydrogen) atoms. The van der Waals surface area contributed by atoms with Crippen LogP contribution in [-0.2, 0) is 9.47 Å². The van der Waals surface area contributed by atoms with Crippen molar-refractivity contribution in [2.75, 3.05) is 13.2 Å². The zero-order chi connectivity index (χ0) is 9.97. The summed E-state index contributed by atoms with van der Waals surface area (Å²) in [5.41, 5.74) is 0. The summed E-state index contributed by atoms with van der Waals surface area (Å²) in [6, 6.07) is 0. The summed E-state index contributed by atoms with van der Waals surface area (Å²) in [5, 5.41) is 0. The average molecular weight is 194 g/mol. The van der Waals surface area contributed by atoms with Crippen molar-refractivity contribution in [3.05, 3.63) is 23.7 Å². The summed E-state index contributed by atoms with van der Waals surface area (Å²) in [4.78, 5) is 0. The Bertz CT molecular complexity index is 237. The van der Waals surface area contributed by atoms with Crippen LogP contribution in [0.15, 0.2) is 23.7 Å². The molecule has 2 rings (SSSR count). The van der Waals surface area contributed by atoms with Crippen LogP contribution >= 0.6 is 0 Å². The lowest BCUT2D eigenvalue weighted by molar-refractivity contribution is 0.117. The summed E-state index contributed by atoms with van der Waals surface area (Å²) >= 11 is 0. The van der Waals surface area contributed by atoms with E-state index in [2.05, 4.69) is 26.0 Å². The van der Waals surface area contributed by atoms with Gasteiger partial charge in [-0.15, -0.1) is 0 Å². The smallest absolute Gasteiger partial charge is 0.157 e. The summed E-state index contributed by atoms with van der Waals surface area (Å²) < 4.78 is 11.2. The lowest BCUT2D eigenvalue weighted by Crippen LogP contribution is -2.15. The minimum atomic E-state index is 0.612. The van der Waals surface area contributed by atoms with Gasteiger partial charge in [0.1, 0.15) is 0 Å². The highest BCUT2D eigenvalue weighted by Gasteiger charge is 2.19. The molecule has 0 radical (unpaired) electrons. The van der Waals surface area contributed by atoms with Crippen molar-refractivity contribution in [3.8, 4) is 0 Å². The minimum Gasteiger partial charge on any atom is -0.490 e. The summed E-state index contributed by atoms with van der Waals surface area (Å²) in [6.45, 7) is 6.08. The molecular weight excluding hydrogens is 176 g/mol. The van der Waals surface area contributed by atoms with Gasteiger partial charge < -0.3 is 9.47 Å². The molecule has 0 aromatic rings. The van der Waals surface area contributed by atoms with E-state index in [1.165, 1.54) is 0 Å². The molecule has 78 valence electrons. The van der Waals surface area contributed by atoms with Crippen molar-refractivity contribution in [2.24, 2.45) is 11.8 Å². The Hall–Kier alpha value is -0.920. The van der Waals surface area contributed by atoms with Gasteiger partial charge in [0.05, 0.1) is 13.2 Å². The highest BCUT2D eigenvalue weighted by Crippen LogP contribution is 2.27. The Morgan fingerprint density at radius 3 is 1.71 bits per heavy atom. The third-order valence-corrected chi connectivity index (χ3v) is 2.78. The van der Waals surface area contributed by atoms with Crippen LogP contribution in [0.25, 0.3) is 0 Å². The van der Waals surface area contributed by atoms with Gasteiger partial charge in [-0.25, -0.2) is 0 Å². The Kier molecular flexibility index (Phi) is 2.80. The van der Waals surface area contributed by atoms with Crippen LogP contribution in [0.3, 0.4) is 0 Å². The van der Waals surface area contributed by atoms with Gasteiger partial charge in [0, 0.05) is 0 Å². The van der Waals surface area contributed by atoms with Crippen molar-refractivity contribution in [1.29, 1.82) is 0 Å². The molecule has 0 aliphatic carbocycles. The van der Waals surface area contributed by atoms with Gasteiger partial charge in [-0.1, -0.05) is 13.8 Å². The molecule has 0 saturated carbocycles. The molecule has 2 atom stereocenters. The summed E-state index contributed by atoms with van der Waals surface area (Å²) in [7, 11) is 0. The lowest BCUT2D eigenvalue weighted by atomic mass is 10.0. The average Bonchev–Trinajstić information content (AvgIpc) is 2.18. The van der Waals surface area contributed by atoms with Crippen molar-refractivity contribution < 1.29 is 9.47 Å². The van der Waals surface area contributed by atoms with Crippen molar-refractivity contribution in [2.45, 2.75) is 26.7 Å². The molecule has 0 aromatic carbocycles. The van der Waals surface area contributed by atoms with Crippen LogP contribution in [0.2, 0.25) is 0 Å². The number of allylic oxidation sites excluding steroid dienone is 2. The van der Waals surface area contributed by atoms with Gasteiger partial charge in [-0.05, 0) is 36.8 Å². The molecule has 0 saturated heterocycles. The Balaban J connectivity index is 2.13. The van der Waals surface area contributed by atoms with Crippen molar-refractivity contribution in [1.82, 2.24) is 0 Å². The quantitative estimate of drug-likeness (QED) is 0.639. The second kappa shape index (κ2) is 4.07. The molecule has 2 heterocycles. The van der Waals surface area contributed by atoms with Gasteiger partial charge >= 0.3 is 0 Å². The molecule has 0 unspecified atom stereocenters. The topological polar surface area (TPSA) is 18.5 Å². The fourth-order valence-corrected chi connectivity index (χ4v) is 1.80. The molecule has 0 amide bonds. The predicted octanol–water partition coefficient (Wildman–Crippen LogP) is 2.87. The second-order valence-corrected chi connectivity index (χ2v) is 4.29. The Labute approximate surface area is 85.6 Å². The Morgan fingerprint density at radius 2 is 1.36 bits per heavy atom.